The molecule has 1 heterocycles. The van der Waals surface area contributed by atoms with Crippen molar-refractivity contribution in [3.63, 3.8) is 0 Å². The fraction of sp³-hybridized carbons (Fsp3) is 0.500. The summed E-state index contributed by atoms with van der Waals surface area (Å²) in [7, 11) is 0. The van der Waals surface area contributed by atoms with E-state index in [1.807, 2.05) is 20.8 Å². The summed E-state index contributed by atoms with van der Waals surface area (Å²) in [5.41, 5.74) is 4.30. The summed E-state index contributed by atoms with van der Waals surface area (Å²) in [6, 6.07) is 4.12. The summed E-state index contributed by atoms with van der Waals surface area (Å²) < 4.78 is 0. The highest BCUT2D eigenvalue weighted by Crippen LogP contribution is 2.73. The van der Waals surface area contributed by atoms with Crippen LogP contribution >= 0.6 is 0 Å². The van der Waals surface area contributed by atoms with Crippen LogP contribution in [0.1, 0.15) is 29.5 Å². The monoisotopic (exact) mass is 307 g/mol. The summed E-state index contributed by atoms with van der Waals surface area (Å²) in [5, 5.41) is 0. The van der Waals surface area contributed by atoms with Crippen LogP contribution in [0.5, 0.6) is 0 Å². The van der Waals surface area contributed by atoms with Gasteiger partial charge in [0.2, 0.25) is 11.8 Å². The van der Waals surface area contributed by atoms with Crippen molar-refractivity contribution >= 4 is 17.5 Å². The van der Waals surface area contributed by atoms with E-state index in [2.05, 4.69) is 24.3 Å². The number of imide groups is 1. The number of hydrogen-bond acceptors (Lipinski definition) is 2. The van der Waals surface area contributed by atoms with Crippen LogP contribution < -0.4 is 4.90 Å². The number of benzene rings is 1. The first-order valence-corrected chi connectivity index (χ1v) is 8.60. The number of rotatable bonds is 1. The zero-order valence-corrected chi connectivity index (χ0v) is 13.8. The van der Waals surface area contributed by atoms with Crippen molar-refractivity contribution in [1.82, 2.24) is 0 Å². The maximum atomic E-state index is 13.2. The molecule has 3 nitrogen and oxygen atoms in total. The van der Waals surface area contributed by atoms with Crippen LogP contribution in [0.15, 0.2) is 24.3 Å². The number of aryl methyl sites for hydroxylation is 3. The molecule has 5 rings (SSSR count). The molecule has 118 valence electrons. The minimum absolute atomic E-state index is 0.0400. The Hall–Kier alpha value is -1.90. The molecule has 1 aromatic rings. The van der Waals surface area contributed by atoms with E-state index < -0.39 is 0 Å². The first-order chi connectivity index (χ1) is 11.0. The minimum atomic E-state index is -0.111. The average Bonchev–Trinajstić information content (AvgIpc) is 3.08. The Balaban J connectivity index is 1.62. The highest BCUT2D eigenvalue weighted by Gasteiger charge is 2.73. The lowest BCUT2D eigenvalue weighted by Gasteiger charge is -2.24. The van der Waals surface area contributed by atoms with Crippen LogP contribution in [0, 0.1) is 49.9 Å². The number of hydrogen-bond donors (Lipinski definition) is 0. The smallest absolute Gasteiger partial charge is 0.238 e. The maximum Gasteiger partial charge on any atom is 0.238 e. The highest BCUT2D eigenvalue weighted by molar-refractivity contribution is 6.23. The third-order valence-electron chi connectivity index (χ3n) is 6.71. The second-order valence-corrected chi connectivity index (χ2v) is 7.98. The van der Waals surface area contributed by atoms with Gasteiger partial charge in [-0.05, 0) is 62.0 Å². The van der Waals surface area contributed by atoms with Crippen LogP contribution in [-0.2, 0) is 9.59 Å². The molecule has 23 heavy (non-hydrogen) atoms. The summed E-state index contributed by atoms with van der Waals surface area (Å²) in [5.74, 6) is 0.451. The molecule has 4 atom stereocenters. The van der Waals surface area contributed by atoms with E-state index in [0.29, 0.717) is 11.8 Å². The molecule has 0 N–H and O–H groups in total. The number of carbonyl (C=O) groups excluding carboxylic acids is 2. The van der Waals surface area contributed by atoms with Crippen molar-refractivity contribution in [3.05, 3.63) is 41.0 Å². The lowest BCUT2D eigenvalue weighted by molar-refractivity contribution is -0.123. The van der Waals surface area contributed by atoms with E-state index in [-0.39, 0.29) is 29.1 Å². The fourth-order valence-electron chi connectivity index (χ4n) is 5.82. The van der Waals surface area contributed by atoms with Crippen molar-refractivity contribution in [2.75, 3.05) is 4.90 Å². The maximum absolute atomic E-state index is 13.2. The van der Waals surface area contributed by atoms with Gasteiger partial charge in [0.15, 0.2) is 0 Å². The Kier molecular flexibility index (Phi) is 2.32. The van der Waals surface area contributed by atoms with Gasteiger partial charge in [0.1, 0.15) is 0 Å². The second kappa shape index (κ2) is 3.95. The van der Waals surface area contributed by atoms with Crippen molar-refractivity contribution in [1.29, 1.82) is 0 Å². The van der Waals surface area contributed by atoms with E-state index in [4.69, 9.17) is 0 Å². The molecule has 2 saturated carbocycles. The zero-order valence-electron chi connectivity index (χ0n) is 13.8. The van der Waals surface area contributed by atoms with E-state index in [1.165, 1.54) is 23.3 Å². The molecule has 3 unspecified atom stereocenters. The molecule has 0 radical (unpaired) electrons. The van der Waals surface area contributed by atoms with Crippen LogP contribution in [-0.4, -0.2) is 11.8 Å². The molecule has 3 fully saturated rings. The van der Waals surface area contributed by atoms with Gasteiger partial charge in [-0.2, -0.15) is 0 Å². The number of fused-ring (bicyclic) bond motifs is 3. The first kappa shape index (κ1) is 13.5. The molecule has 4 aliphatic rings. The molecule has 0 aromatic heterocycles. The topological polar surface area (TPSA) is 37.4 Å². The van der Waals surface area contributed by atoms with Gasteiger partial charge in [0.25, 0.3) is 0 Å². The lowest BCUT2D eigenvalue weighted by atomic mass is 9.85. The standard InChI is InChI=1S/C20H21NO2/c1-10-8-11(2)17(12(3)9-10)21-18(22)15-13-4-5-14(16(15)19(21)23)20(13)6-7-20/h4-5,8-9,13-16H,6-7H2,1-3H3/t13?,14?,15-,16?/m0/s1. The normalized spacial score (nSPS) is 35.5. The molecule has 1 saturated heterocycles. The Labute approximate surface area is 136 Å². The summed E-state index contributed by atoms with van der Waals surface area (Å²) in [6.45, 7) is 6.05. The first-order valence-electron chi connectivity index (χ1n) is 8.60. The highest BCUT2D eigenvalue weighted by atomic mass is 16.2. The number of nitrogens with zero attached hydrogens (tertiary/aromatic N) is 1. The predicted molar refractivity (Wildman–Crippen MR) is 87.9 cm³/mol. The van der Waals surface area contributed by atoms with Crippen LogP contribution in [0.2, 0.25) is 0 Å². The molecule has 2 amide bonds. The minimum Gasteiger partial charge on any atom is -0.274 e. The molecule has 3 aliphatic carbocycles. The van der Waals surface area contributed by atoms with Crippen molar-refractivity contribution in [2.24, 2.45) is 29.1 Å². The predicted octanol–water partition coefficient (Wildman–Crippen LogP) is 3.31. The quantitative estimate of drug-likeness (QED) is 0.589. The lowest BCUT2D eigenvalue weighted by Crippen LogP contribution is -2.35. The second-order valence-electron chi connectivity index (χ2n) is 7.98. The van der Waals surface area contributed by atoms with Crippen molar-refractivity contribution in [3.8, 4) is 0 Å². The fourth-order valence-corrected chi connectivity index (χ4v) is 5.82. The van der Waals surface area contributed by atoms with E-state index in [1.54, 1.807) is 0 Å². The molecule has 1 aliphatic heterocycles. The van der Waals surface area contributed by atoms with E-state index in [0.717, 1.165) is 16.8 Å². The molecule has 2 bridgehead atoms. The number of anilines is 1. The molecular weight excluding hydrogens is 286 g/mol. The SMILES string of the molecule is Cc1cc(C)c(N2C(=O)C3C4C=CC([C@@H]3C2=O)C42CC2)c(C)c1. The Morgan fingerprint density at radius 3 is 1.83 bits per heavy atom. The molecule has 1 spiro atoms. The third-order valence-corrected chi connectivity index (χ3v) is 6.71. The Morgan fingerprint density at radius 1 is 0.913 bits per heavy atom. The number of allylic oxidation sites excluding steroid dienone is 2. The largest absolute Gasteiger partial charge is 0.274 e. The average molecular weight is 307 g/mol. The van der Waals surface area contributed by atoms with Gasteiger partial charge in [-0.25, -0.2) is 4.90 Å². The van der Waals surface area contributed by atoms with Gasteiger partial charge in [0.05, 0.1) is 17.5 Å². The Morgan fingerprint density at radius 2 is 1.39 bits per heavy atom. The number of carbonyl (C=O) groups is 2. The van der Waals surface area contributed by atoms with Crippen molar-refractivity contribution in [2.45, 2.75) is 33.6 Å². The van der Waals surface area contributed by atoms with E-state index in [9.17, 15) is 9.59 Å². The van der Waals surface area contributed by atoms with Gasteiger partial charge in [-0.1, -0.05) is 29.8 Å². The van der Waals surface area contributed by atoms with Gasteiger partial charge in [0, 0.05) is 0 Å². The van der Waals surface area contributed by atoms with Crippen LogP contribution in [0.3, 0.4) is 0 Å². The van der Waals surface area contributed by atoms with Gasteiger partial charge in [-0.15, -0.1) is 0 Å². The van der Waals surface area contributed by atoms with Crippen LogP contribution in [0.4, 0.5) is 5.69 Å². The number of amides is 2. The zero-order chi connectivity index (χ0) is 16.1. The van der Waals surface area contributed by atoms with Gasteiger partial charge in [-0.3, -0.25) is 9.59 Å². The van der Waals surface area contributed by atoms with Gasteiger partial charge < -0.3 is 0 Å². The molecule has 1 aromatic carbocycles. The molecular formula is C20H21NO2. The Bertz CT molecular complexity index is 745. The van der Waals surface area contributed by atoms with Gasteiger partial charge >= 0.3 is 0 Å². The molecule has 3 heteroatoms. The van der Waals surface area contributed by atoms with Crippen LogP contribution in [0.25, 0.3) is 0 Å². The third kappa shape index (κ3) is 1.42. The van der Waals surface area contributed by atoms with E-state index >= 15 is 0 Å². The summed E-state index contributed by atoms with van der Waals surface area (Å²) in [4.78, 5) is 27.8. The summed E-state index contributed by atoms with van der Waals surface area (Å²) in [6.07, 6.45) is 6.82. The summed E-state index contributed by atoms with van der Waals surface area (Å²) >= 11 is 0. The van der Waals surface area contributed by atoms with Crippen molar-refractivity contribution < 1.29 is 9.59 Å².